The zero-order valence-corrected chi connectivity index (χ0v) is 27.5. The molecule has 11 nitrogen and oxygen atoms in total. The largest absolute Gasteiger partial charge is 0.494 e. The molecule has 0 radical (unpaired) electrons. The van der Waals surface area contributed by atoms with Crippen molar-refractivity contribution in [3.05, 3.63) is 89.7 Å². The van der Waals surface area contributed by atoms with Gasteiger partial charge in [-0.2, -0.15) is 0 Å². The molecule has 3 aromatic rings. The van der Waals surface area contributed by atoms with Crippen molar-refractivity contribution >= 4 is 41.0 Å². The van der Waals surface area contributed by atoms with E-state index in [9.17, 15) is 28.7 Å². The lowest BCUT2D eigenvalue weighted by molar-refractivity contribution is -0.140. The highest BCUT2D eigenvalue weighted by molar-refractivity contribution is 8.00. The van der Waals surface area contributed by atoms with Crippen molar-refractivity contribution in [3.8, 4) is 11.5 Å². The number of amides is 2. The van der Waals surface area contributed by atoms with Crippen molar-refractivity contribution in [2.75, 3.05) is 30.4 Å². The average Bonchev–Trinajstić information content (AvgIpc) is 3.08. The van der Waals surface area contributed by atoms with Crippen molar-refractivity contribution in [1.29, 1.82) is 0 Å². The van der Waals surface area contributed by atoms with Gasteiger partial charge in [0.25, 0.3) is 5.91 Å². The van der Waals surface area contributed by atoms with E-state index in [1.54, 1.807) is 72.5 Å². The van der Waals surface area contributed by atoms with Gasteiger partial charge in [-0.3, -0.25) is 19.2 Å². The summed E-state index contributed by atoms with van der Waals surface area (Å²) in [4.78, 5) is 50.7. The van der Waals surface area contributed by atoms with Crippen LogP contribution in [-0.4, -0.2) is 70.6 Å². The number of β-lactam (4-membered cyclic amide) rings is 1. The van der Waals surface area contributed by atoms with Gasteiger partial charge in [-0.15, -0.1) is 11.8 Å². The van der Waals surface area contributed by atoms with Gasteiger partial charge in [0.05, 0.1) is 25.3 Å². The third kappa shape index (κ3) is 9.33. The number of nitrogens with zero attached hydrogens (tertiary/aromatic N) is 1. The van der Waals surface area contributed by atoms with Gasteiger partial charge >= 0.3 is 5.97 Å². The summed E-state index contributed by atoms with van der Waals surface area (Å²) in [6, 6.07) is 18.1. The van der Waals surface area contributed by atoms with Crippen LogP contribution in [0.1, 0.15) is 50.0 Å². The number of benzene rings is 3. The number of anilines is 1. The first-order valence-corrected chi connectivity index (χ1v) is 16.7. The number of hydrogen-bond donors (Lipinski definition) is 4. The number of aliphatic hydroxyl groups excluding tert-OH is 1. The zero-order chi connectivity index (χ0) is 34.8. The van der Waals surface area contributed by atoms with Crippen molar-refractivity contribution in [2.45, 2.75) is 50.1 Å². The van der Waals surface area contributed by atoms with Crippen LogP contribution in [0.4, 0.5) is 10.1 Å². The molecular weight excluding hydrogens is 641 g/mol. The van der Waals surface area contributed by atoms with Crippen molar-refractivity contribution in [1.82, 2.24) is 5.32 Å². The van der Waals surface area contributed by atoms with Crippen LogP contribution in [0.5, 0.6) is 11.5 Å². The van der Waals surface area contributed by atoms with E-state index in [1.165, 1.54) is 23.9 Å². The van der Waals surface area contributed by atoms with Gasteiger partial charge in [-0.25, -0.2) is 4.39 Å². The van der Waals surface area contributed by atoms with E-state index in [1.807, 2.05) is 6.92 Å². The molecule has 0 saturated carbocycles. The van der Waals surface area contributed by atoms with Crippen molar-refractivity contribution in [2.24, 2.45) is 11.7 Å². The van der Waals surface area contributed by atoms with Gasteiger partial charge in [-0.1, -0.05) is 37.6 Å². The van der Waals surface area contributed by atoms with E-state index in [0.717, 1.165) is 5.56 Å². The van der Waals surface area contributed by atoms with Gasteiger partial charge in [0.1, 0.15) is 28.6 Å². The lowest BCUT2D eigenvalue weighted by atomic mass is 9.92. The number of ether oxygens (including phenoxy) is 2. The molecule has 2 unspecified atom stereocenters. The molecule has 0 spiro atoms. The summed E-state index contributed by atoms with van der Waals surface area (Å²) in [6.07, 6.45) is -0.467. The van der Waals surface area contributed by atoms with Crippen LogP contribution in [0.15, 0.2) is 72.8 Å². The number of carbonyl (C=O) groups excluding carboxylic acids is 3. The minimum atomic E-state index is -1.18. The Morgan fingerprint density at radius 3 is 2.21 bits per heavy atom. The number of nitrogens with two attached hydrogens (primary N) is 1. The first-order valence-electron chi connectivity index (χ1n) is 15.6. The van der Waals surface area contributed by atoms with Gasteiger partial charge in [0, 0.05) is 17.9 Å². The van der Waals surface area contributed by atoms with Crippen LogP contribution in [0.2, 0.25) is 0 Å². The smallest absolute Gasteiger partial charge is 0.320 e. The number of carboxylic acids is 1. The predicted molar refractivity (Wildman–Crippen MR) is 179 cm³/mol. The topological polar surface area (TPSA) is 168 Å². The molecule has 1 saturated heterocycles. The number of aliphatic carboxylic acids is 1. The third-order valence-electron chi connectivity index (χ3n) is 8.04. The van der Waals surface area contributed by atoms with Gasteiger partial charge in [0.15, 0.2) is 12.4 Å². The van der Waals surface area contributed by atoms with E-state index in [-0.39, 0.29) is 37.0 Å². The van der Waals surface area contributed by atoms with Crippen molar-refractivity contribution < 1.29 is 43.3 Å². The normalized spacial score (nSPS) is 17.5. The van der Waals surface area contributed by atoms with Gasteiger partial charge in [0.2, 0.25) is 5.91 Å². The Hall–Kier alpha value is -4.46. The van der Waals surface area contributed by atoms with Crippen LogP contribution >= 0.6 is 11.8 Å². The van der Waals surface area contributed by atoms with Crippen LogP contribution in [-0.2, 0) is 19.2 Å². The molecule has 256 valence electrons. The molecule has 0 aromatic heterocycles. The number of Topliss-reactive ketones (excluding diaryl/α,β-unsaturated/α-hetero) is 1. The minimum Gasteiger partial charge on any atom is -0.494 e. The maximum absolute atomic E-state index is 13.7. The fourth-order valence-corrected chi connectivity index (χ4v) is 6.63. The second kappa shape index (κ2) is 17.1. The number of nitrogens with one attached hydrogen (secondary N) is 1. The summed E-state index contributed by atoms with van der Waals surface area (Å²) in [5.41, 5.74) is 7.66. The number of hydrogen-bond acceptors (Lipinski definition) is 9. The zero-order valence-electron chi connectivity index (χ0n) is 26.7. The molecule has 0 aliphatic carbocycles. The third-order valence-corrected chi connectivity index (χ3v) is 9.37. The maximum Gasteiger partial charge on any atom is 0.320 e. The number of thioether (sulfide) groups is 1. The standard InChI is InChI=1S/C35H40FN3O8S/c1-3-21(31(37)35(44)45)17-26(40)18-38-30(42)19-47-28-15-7-23(8-16-28)32-33(34(43)39(32)25-11-9-24(36)10-12-25)48-20-29(41)22-5-13-27(14-6-22)46-4-2/h5-16,21,29,31-33,41H,3-4,17-20,37H2,1-2H3,(H,38,42)(H,44,45)/t21?,29?,31-,32-,33-/m1/s1. The fraction of sp³-hybridized carbons (Fsp3) is 0.371. The highest BCUT2D eigenvalue weighted by atomic mass is 32.2. The lowest BCUT2D eigenvalue weighted by Gasteiger charge is -2.47. The van der Waals surface area contributed by atoms with Crippen LogP contribution in [0, 0.1) is 11.7 Å². The number of ketones is 1. The summed E-state index contributed by atoms with van der Waals surface area (Å²) < 4.78 is 24.7. The van der Waals surface area contributed by atoms with E-state index in [0.29, 0.717) is 35.8 Å². The molecule has 1 fully saturated rings. The molecule has 5 atom stereocenters. The first kappa shape index (κ1) is 36.4. The average molecular weight is 682 g/mol. The second-order valence-corrected chi connectivity index (χ2v) is 12.5. The Morgan fingerprint density at radius 1 is 0.979 bits per heavy atom. The molecule has 2 amide bonds. The molecule has 1 heterocycles. The number of rotatable bonds is 18. The van der Waals surface area contributed by atoms with Gasteiger partial charge in [-0.05, 0) is 72.5 Å². The Morgan fingerprint density at radius 2 is 1.60 bits per heavy atom. The van der Waals surface area contributed by atoms with E-state index >= 15 is 0 Å². The Bertz CT molecular complexity index is 1560. The highest BCUT2D eigenvalue weighted by Crippen LogP contribution is 2.46. The molecule has 5 N–H and O–H groups in total. The quantitative estimate of drug-likeness (QED) is 0.144. The number of aliphatic hydroxyl groups is 1. The molecule has 4 rings (SSSR count). The lowest BCUT2D eigenvalue weighted by Crippen LogP contribution is -2.57. The number of carbonyl (C=O) groups is 4. The maximum atomic E-state index is 13.7. The SMILES string of the molecule is CCOc1ccc(C(O)CS[C@H]2C(=O)N(c3ccc(F)cc3)[C@@H]2c2ccc(OCC(=O)NCC(=O)CC(CC)[C@@H](N)C(=O)O)cc2)cc1. The number of halogens is 1. The Kier molecular flexibility index (Phi) is 13.0. The molecule has 1 aliphatic heterocycles. The van der Waals surface area contributed by atoms with E-state index in [2.05, 4.69) is 5.32 Å². The Labute approximate surface area is 282 Å². The minimum absolute atomic E-state index is 0.0645. The molecule has 3 aromatic carbocycles. The van der Waals surface area contributed by atoms with Gasteiger partial charge < -0.3 is 35.6 Å². The predicted octanol–water partition coefficient (Wildman–Crippen LogP) is 4.04. The summed E-state index contributed by atoms with van der Waals surface area (Å²) in [5, 5.41) is 21.9. The molecule has 48 heavy (non-hydrogen) atoms. The molecule has 0 bridgehead atoms. The monoisotopic (exact) mass is 681 g/mol. The second-order valence-electron chi connectivity index (χ2n) is 11.3. The van der Waals surface area contributed by atoms with Crippen LogP contribution in [0.3, 0.4) is 0 Å². The summed E-state index contributed by atoms with van der Waals surface area (Å²) >= 11 is 1.33. The van der Waals surface area contributed by atoms with Crippen LogP contribution < -0.4 is 25.4 Å². The van der Waals surface area contributed by atoms with Crippen LogP contribution in [0.25, 0.3) is 0 Å². The van der Waals surface area contributed by atoms with E-state index in [4.69, 9.17) is 20.3 Å². The highest BCUT2D eigenvalue weighted by Gasteiger charge is 2.49. The summed E-state index contributed by atoms with van der Waals surface area (Å²) in [5.74, 6) is -1.82. The summed E-state index contributed by atoms with van der Waals surface area (Å²) in [7, 11) is 0. The first-order chi connectivity index (χ1) is 23.0. The number of carboxylic acid groups (broad SMARTS) is 1. The fourth-order valence-electron chi connectivity index (χ4n) is 5.33. The van der Waals surface area contributed by atoms with E-state index < -0.39 is 47.0 Å². The molecule has 1 aliphatic rings. The molecular formula is C35H40FN3O8S. The summed E-state index contributed by atoms with van der Waals surface area (Å²) in [6.45, 7) is 3.54. The molecule has 13 heteroatoms. The van der Waals surface area contributed by atoms with Crippen molar-refractivity contribution in [3.63, 3.8) is 0 Å². The Balaban J connectivity index is 1.36.